The smallest absolute Gasteiger partial charge is 0.139 e. The predicted octanol–water partition coefficient (Wildman–Crippen LogP) is 3.77. The van der Waals surface area contributed by atoms with Gasteiger partial charge in [-0.1, -0.05) is 27.2 Å². The Bertz CT molecular complexity index is 252. The molecule has 1 aliphatic rings. The van der Waals surface area contributed by atoms with Gasteiger partial charge in [0.05, 0.1) is 0 Å². The molecule has 0 aromatic carbocycles. The van der Waals surface area contributed by atoms with Gasteiger partial charge in [-0.3, -0.25) is 0 Å². The van der Waals surface area contributed by atoms with Crippen LogP contribution in [0.15, 0.2) is 4.40 Å². The van der Waals surface area contributed by atoms with E-state index in [9.17, 15) is 0 Å². The summed E-state index contributed by atoms with van der Waals surface area (Å²) in [5.74, 6) is 1.80. The minimum absolute atomic E-state index is 0.158. The molecule has 1 heterocycles. The molecule has 0 aromatic rings. The zero-order valence-electron chi connectivity index (χ0n) is 10.7. The maximum Gasteiger partial charge on any atom is 0.139 e. The number of rotatable bonds is 4. The quantitative estimate of drug-likeness (QED) is 0.684. The predicted molar refractivity (Wildman–Crippen MR) is 68.2 cm³/mol. The summed E-state index contributed by atoms with van der Waals surface area (Å²) < 4.78 is 10.2. The van der Waals surface area contributed by atoms with E-state index in [1.165, 1.54) is 12.1 Å². The highest BCUT2D eigenvalue weighted by Crippen LogP contribution is 2.47. The second-order valence-corrected chi connectivity index (χ2v) is 6.01. The molecule has 0 saturated carbocycles. The van der Waals surface area contributed by atoms with Crippen LogP contribution in [0.5, 0.6) is 0 Å². The summed E-state index contributed by atoms with van der Waals surface area (Å²) in [4.78, 5) is -0.158. The highest BCUT2D eigenvalue weighted by Gasteiger charge is 2.46. The van der Waals surface area contributed by atoms with E-state index in [-0.39, 0.29) is 4.93 Å². The van der Waals surface area contributed by atoms with Crippen LogP contribution in [0.25, 0.3) is 0 Å². The van der Waals surface area contributed by atoms with Crippen molar-refractivity contribution in [2.45, 2.75) is 46.0 Å². The molecule has 0 bridgehead atoms. The summed E-state index contributed by atoms with van der Waals surface area (Å²) in [6.45, 7) is 11.1. The van der Waals surface area contributed by atoms with Crippen molar-refractivity contribution in [2.24, 2.45) is 22.2 Å². The van der Waals surface area contributed by atoms with E-state index in [2.05, 4.69) is 39.0 Å². The lowest BCUT2D eigenvalue weighted by atomic mass is 9.76. The molecule has 0 aromatic heterocycles. The first-order valence-corrected chi connectivity index (χ1v) is 6.51. The summed E-state index contributed by atoms with van der Waals surface area (Å²) in [5.41, 5.74) is 1.24. The van der Waals surface area contributed by atoms with Gasteiger partial charge in [-0.2, -0.15) is 0 Å². The lowest BCUT2D eigenvalue weighted by molar-refractivity contribution is 0.0313. The Morgan fingerprint density at radius 1 is 1.53 bits per heavy atom. The molecule has 0 amide bonds. The van der Waals surface area contributed by atoms with Crippen molar-refractivity contribution in [1.82, 2.24) is 0 Å². The average molecular weight is 229 g/mol. The first-order chi connectivity index (χ1) is 6.96. The maximum absolute atomic E-state index is 5.66. The molecule has 88 valence electrons. The van der Waals surface area contributed by atoms with E-state index >= 15 is 0 Å². The highest BCUT2D eigenvalue weighted by atomic mass is 32.2. The lowest BCUT2D eigenvalue weighted by Gasteiger charge is -2.36. The van der Waals surface area contributed by atoms with Gasteiger partial charge in [0.15, 0.2) is 0 Å². The summed E-state index contributed by atoms with van der Waals surface area (Å²) in [5, 5.41) is 0. The zero-order chi connectivity index (χ0) is 11.6. The Labute approximate surface area is 98.0 Å². The molecule has 1 rings (SSSR count). The second-order valence-electron chi connectivity index (χ2n) is 4.84. The molecular formula is C12H23NOS. The molecule has 15 heavy (non-hydrogen) atoms. The standard InChI is InChI=1S/C12H23NOS/c1-7-10(8(2)3)11-9(4)13-15-12(11,5)14-6/h8,10-11H,7H2,1-6H3/t10?,11-,12?/m1/s1. The first-order valence-electron chi connectivity index (χ1n) is 5.74. The Morgan fingerprint density at radius 2 is 2.13 bits per heavy atom. The van der Waals surface area contributed by atoms with Crippen LogP contribution < -0.4 is 0 Å². The number of ether oxygens (including phenoxy) is 1. The Hall–Kier alpha value is -0.0200. The van der Waals surface area contributed by atoms with Crippen LogP contribution in [0.1, 0.15) is 41.0 Å². The van der Waals surface area contributed by atoms with Gasteiger partial charge < -0.3 is 4.74 Å². The molecule has 1 aliphatic heterocycles. The summed E-state index contributed by atoms with van der Waals surface area (Å²) >= 11 is 1.59. The van der Waals surface area contributed by atoms with Crippen LogP contribution in [0.3, 0.4) is 0 Å². The molecule has 0 aliphatic carbocycles. The number of hydrogen-bond acceptors (Lipinski definition) is 3. The van der Waals surface area contributed by atoms with E-state index < -0.39 is 0 Å². The van der Waals surface area contributed by atoms with Gasteiger partial charge in [0.2, 0.25) is 0 Å². The SMILES string of the molecule is CCC(C(C)C)[C@H]1C(C)=NSC1(C)OC. The fourth-order valence-electron chi connectivity index (χ4n) is 2.61. The van der Waals surface area contributed by atoms with Crippen LogP contribution in [-0.4, -0.2) is 17.8 Å². The van der Waals surface area contributed by atoms with Crippen LogP contribution >= 0.6 is 11.9 Å². The third-order valence-corrected chi connectivity index (χ3v) is 4.71. The topological polar surface area (TPSA) is 21.6 Å². The summed E-state index contributed by atoms with van der Waals surface area (Å²) in [6.07, 6.45) is 1.19. The Balaban J connectivity index is 2.93. The number of hydrogen-bond donors (Lipinski definition) is 0. The lowest BCUT2D eigenvalue weighted by Crippen LogP contribution is -2.40. The van der Waals surface area contributed by atoms with Gasteiger partial charge in [-0.15, -0.1) is 0 Å². The molecule has 2 nitrogen and oxygen atoms in total. The van der Waals surface area contributed by atoms with Crippen LogP contribution in [-0.2, 0) is 4.74 Å². The second kappa shape index (κ2) is 4.88. The van der Waals surface area contributed by atoms with E-state index in [4.69, 9.17) is 4.74 Å². The fourth-order valence-corrected chi connectivity index (χ4v) is 3.58. The number of methoxy groups -OCH3 is 1. The normalized spacial score (nSPS) is 33.3. The molecule has 0 saturated heterocycles. The average Bonchev–Trinajstić information content (AvgIpc) is 2.48. The highest BCUT2D eigenvalue weighted by molar-refractivity contribution is 7.99. The Morgan fingerprint density at radius 3 is 2.53 bits per heavy atom. The van der Waals surface area contributed by atoms with Crippen molar-refractivity contribution in [3.05, 3.63) is 0 Å². The van der Waals surface area contributed by atoms with Gasteiger partial charge in [0, 0.05) is 30.7 Å². The largest absolute Gasteiger partial charge is 0.365 e. The van der Waals surface area contributed by atoms with Gasteiger partial charge in [0.1, 0.15) is 4.93 Å². The fraction of sp³-hybridized carbons (Fsp3) is 0.917. The Kier molecular flexibility index (Phi) is 4.24. The molecule has 3 heteroatoms. The molecule has 0 spiro atoms. The van der Waals surface area contributed by atoms with Crippen molar-refractivity contribution >= 4 is 17.7 Å². The third kappa shape index (κ3) is 2.39. The number of nitrogens with zero attached hydrogens (tertiary/aromatic N) is 1. The van der Waals surface area contributed by atoms with Crippen LogP contribution in [0, 0.1) is 17.8 Å². The van der Waals surface area contributed by atoms with Gasteiger partial charge in [-0.05, 0) is 25.7 Å². The molecule has 3 atom stereocenters. The summed E-state index contributed by atoms with van der Waals surface area (Å²) in [6, 6.07) is 0. The molecular weight excluding hydrogens is 206 g/mol. The van der Waals surface area contributed by atoms with Crippen molar-refractivity contribution in [3.8, 4) is 0 Å². The van der Waals surface area contributed by atoms with Gasteiger partial charge in [0.25, 0.3) is 0 Å². The minimum atomic E-state index is -0.158. The van der Waals surface area contributed by atoms with E-state index in [0.717, 1.165) is 0 Å². The van der Waals surface area contributed by atoms with Crippen LogP contribution in [0.2, 0.25) is 0 Å². The van der Waals surface area contributed by atoms with E-state index in [1.807, 2.05) is 0 Å². The maximum atomic E-state index is 5.66. The van der Waals surface area contributed by atoms with Gasteiger partial charge in [-0.25, -0.2) is 4.40 Å². The minimum Gasteiger partial charge on any atom is -0.365 e. The molecule has 2 unspecified atom stereocenters. The van der Waals surface area contributed by atoms with Crippen molar-refractivity contribution < 1.29 is 4.74 Å². The third-order valence-electron chi connectivity index (χ3n) is 3.55. The van der Waals surface area contributed by atoms with Crippen molar-refractivity contribution in [1.29, 1.82) is 0 Å². The molecule has 0 N–H and O–H groups in total. The zero-order valence-corrected chi connectivity index (χ0v) is 11.5. The monoisotopic (exact) mass is 229 g/mol. The molecule has 0 fully saturated rings. The molecule has 0 radical (unpaired) electrons. The summed E-state index contributed by atoms with van der Waals surface area (Å²) in [7, 11) is 1.79. The first kappa shape index (κ1) is 13.0. The van der Waals surface area contributed by atoms with E-state index in [0.29, 0.717) is 17.8 Å². The van der Waals surface area contributed by atoms with Crippen LogP contribution in [0.4, 0.5) is 0 Å². The van der Waals surface area contributed by atoms with Crippen molar-refractivity contribution in [3.63, 3.8) is 0 Å². The van der Waals surface area contributed by atoms with Crippen molar-refractivity contribution in [2.75, 3.05) is 7.11 Å². The van der Waals surface area contributed by atoms with Gasteiger partial charge >= 0.3 is 0 Å². The van der Waals surface area contributed by atoms with E-state index in [1.54, 1.807) is 19.1 Å².